The lowest BCUT2D eigenvalue weighted by molar-refractivity contribution is -0.222. The number of cyclic esters (lactones) is 2. The summed E-state index contributed by atoms with van der Waals surface area (Å²) >= 11 is 3.35. The van der Waals surface area contributed by atoms with Crippen molar-refractivity contribution in [2.24, 2.45) is 0 Å². The van der Waals surface area contributed by atoms with Crippen LogP contribution in [0.25, 0.3) is 6.08 Å². The van der Waals surface area contributed by atoms with E-state index < -0.39 is 17.7 Å². The van der Waals surface area contributed by atoms with Crippen molar-refractivity contribution in [2.45, 2.75) is 19.6 Å². The van der Waals surface area contributed by atoms with Gasteiger partial charge in [-0.1, -0.05) is 0 Å². The van der Waals surface area contributed by atoms with Crippen molar-refractivity contribution in [1.82, 2.24) is 0 Å². The average molecular weight is 371 g/mol. The van der Waals surface area contributed by atoms with Gasteiger partial charge in [0.1, 0.15) is 21.5 Å². The van der Waals surface area contributed by atoms with E-state index in [9.17, 15) is 9.59 Å². The lowest BCUT2D eigenvalue weighted by Gasteiger charge is -2.29. The van der Waals surface area contributed by atoms with Crippen LogP contribution in [0, 0.1) is 0 Å². The number of methoxy groups -OCH3 is 2. The molecule has 0 unspecified atom stereocenters. The Balaban J connectivity index is 2.45. The van der Waals surface area contributed by atoms with Crippen LogP contribution in [-0.2, 0) is 19.1 Å². The van der Waals surface area contributed by atoms with E-state index >= 15 is 0 Å². The van der Waals surface area contributed by atoms with Crippen molar-refractivity contribution >= 4 is 33.9 Å². The fraction of sp³-hybridized carbons (Fsp3) is 0.333. The second-order valence-electron chi connectivity index (χ2n) is 4.98. The third kappa shape index (κ3) is 3.24. The predicted molar refractivity (Wildman–Crippen MR) is 81.5 cm³/mol. The highest BCUT2D eigenvalue weighted by Gasteiger charge is 2.38. The summed E-state index contributed by atoms with van der Waals surface area (Å²) in [6.07, 6.45) is 1.37. The van der Waals surface area contributed by atoms with Crippen LogP contribution in [0.1, 0.15) is 19.4 Å². The van der Waals surface area contributed by atoms with E-state index in [1.165, 1.54) is 34.1 Å². The molecule has 1 aliphatic heterocycles. The molecule has 0 N–H and O–H groups in total. The molecule has 2 rings (SSSR count). The lowest BCUT2D eigenvalue weighted by Crippen LogP contribution is -2.41. The number of benzene rings is 1. The highest BCUT2D eigenvalue weighted by molar-refractivity contribution is 9.10. The lowest BCUT2D eigenvalue weighted by atomic mass is 10.1. The zero-order valence-corrected chi connectivity index (χ0v) is 14.1. The molecular weight excluding hydrogens is 356 g/mol. The molecule has 0 saturated carbocycles. The van der Waals surface area contributed by atoms with Gasteiger partial charge in [-0.3, -0.25) is 0 Å². The Hall–Kier alpha value is -2.02. The summed E-state index contributed by atoms with van der Waals surface area (Å²) in [5.74, 6) is -1.72. The molecule has 0 bridgehead atoms. The molecule has 0 amide bonds. The summed E-state index contributed by atoms with van der Waals surface area (Å²) in [5.41, 5.74) is 0.353. The molecule has 6 nitrogen and oxygen atoms in total. The van der Waals surface area contributed by atoms with Crippen LogP contribution in [0.5, 0.6) is 11.5 Å². The van der Waals surface area contributed by atoms with Gasteiger partial charge in [-0.05, 0) is 39.7 Å². The van der Waals surface area contributed by atoms with E-state index in [1.807, 2.05) is 0 Å². The topological polar surface area (TPSA) is 71.1 Å². The van der Waals surface area contributed by atoms with Crippen LogP contribution in [0.15, 0.2) is 22.2 Å². The van der Waals surface area contributed by atoms with Gasteiger partial charge in [0.2, 0.25) is 0 Å². The van der Waals surface area contributed by atoms with Crippen LogP contribution in [0.4, 0.5) is 0 Å². The third-order valence-corrected chi connectivity index (χ3v) is 3.68. The van der Waals surface area contributed by atoms with Gasteiger partial charge in [0, 0.05) is 13.8 Å². The Morgan fingerprint density at radius 3 is 1.91 bits per heavy atom. The number of hydrogen-bond donors (Lipinski definition) is 0. The summed E-state index contributed by atoms with van der Waals surface area (Å²) in [5, 5.41) is 0. The number of carbonyl (C=O) groups excluding carboxylic acids is 2. The molecule has 0 radical (unpaired) electrons. The largest absolute Gasteiger partial charge is 0.495 e. The highest BCUT2D eigenvalue weighted by Crippen LogP contribution is 2.36. The maximum atomic E-state index is 11.9. The average Bonchev–Trinajstić information content (AvgIpc) is 2.43. The smallest absolute Gasteiger partial charge is 0.348 e. The fourth-order valence-electron chi connectivity index (χ4n) is 1.92. The van der Waals surface area contributed by atoms with Gasteiger partial charge in [0.25, 0.3) is 5.79 Å². The zero-order chi connectivity index (χ0) is 16.5. The van der Waals surface area contributed by atoms with Crippen LogP contribution < -0.4 is 9.47 Å². The van der Waals surface area contributed by atoms with Crippen LogP contribution in [0.3, 0.4) is 0 Å². The minimum absolute atomic E-state index is 0.189. The number of halogens is 1. The van der Waals surface area contributed by atoms with Crippen molar-refractivity contribution in [1.29, 1.82) is 0 Å². The number of esters is 2. The first-order valence-electron chi connectivity index (χ1n) is 6.37. The maximum absolute atomic E-state index is 11.9. The van der Waals surface area contributed by atoms with Gasteiger partial charge >= 0.3 is 11.9 Å². The molecule has 1 heterocycles. The van der Waals surface area contributed by atoms with Crippen molar-refractivity contribution in [2.75, 3.05) is 14.2 Å². The third-order valence-electron chi connectivity index (χ3n) is 2.90. The molecule has 0 spiro atoms. The van der Waals surface area contributed by atoms with Crippen molar-refractivity contribution in [3.05, 3.63) is 27.7 Å². The van der Waals surface area contributed by atoms with E-state index in [-0.39, 0.29) is 5.57 Å². The Morgan fingerprint density at radius 2 is 1.50 bits per heavy atom. The SMILES string of the molecule is COc1cc(C=C2C(=O)OC(C)(C)OC2=O)cc(OC)c1Br. The number of hydrogen-bond acceptors (Lipinski definition) is 6. The second kappa shape index (κ2) is 6.00. The molecule has 1 aromatic rings. The molecular formula is C15H15BrO6. The van der Waals surface area contributed by atoms with Crippen LogP contribution >= 0.6 is 15.9 Å². The highest BCUT2D eigenvalue weighted by atomic mass is 79.9. The molecule has 1 aromatic carbocycles. The Labute approximate surface area is 136 Å². The first-order chi connectivity index (χ1) is 10.3. The summed E-state index contributed by atoms with van der Waals surface area (Å²) < 4.78 is 21.2. The monoisotopic (exact) mass is 370 g/mol. The van der Waals surface area contributed by atoms with Crippen LogP contribution in [0.2, 0.25) is 0 Å². The Bertz CT molecular complexity index is 615. The summed E-state index contributed by atoms with van der Waals surface area (Å²) in [4.78, 5) is 23.9. The molecule has 1 aliphatic rings. The number of carbonyl (C=O) groups is 2. The zero-order valence-electron chi connectivity index (χ0n) is 12.6. The molecule has 7 heteroatoms. The quantitative estimate of drug-likeness (QED) is 0.462. The first-order valence-corrected chi connectivity index (χ1v) is 7.16. The molecule has 1 fully saturated rings. The van der Waals surface area contributed by atoms with Crippen LogP contribution in [-0.4, -0.2) is 31.9 Å². The Morgan fingerprint density at radius 1 is 1.05 bits per heavy atom. The van der Waals surface area contributed by atoms with Crippen molar-refractivity contribution in [3.63, 3.8) is 0 Å². The molecule has 118 valence electrons. The molecule has 0 aliphatic carbocycles. The van der Waals surface area contributed by atoms with Crippen molar-refractivity contribution in [3.8, 4) is 11.5 Å². The van der Waals surface area contributed by atoms with Crippen molar-refractivity contribution < 1.29 is 28.5 Å². The van der Waals surface area contributed by atoms with E-state index in [2.05, 4.69) is 15.9 Å². The van der Waals surface area contributed by atoms with Gasteiger partial charge in [0.15, 0.2) is 0 Å². The van der Waals surface area contributed by atoms with E-state index in [1.54, 1.807) is 12.1 Å². The molecule has 0 aromatic heterocycles. The van der Waals surface area contributed by atoms with E-state index in [0.717, 1.165) is 0 Å². The van der Waals surface area contributed by atoms with E-state index in [0.29, 0.717) is 21.5 Å². The van der Waals surface area contributed by atoms with Gasteiger partial charge < -0.3 is 18.9 Å². The van der Waals surface area contributed by atoms with Gasteiger partial charge in [-0.15, -0.1) is 0 Å². The summed E-state index contributed by atoms with van der Waals surface area (Å²) in [6, 6.07) is 3.31. The van der Waals surface area contributed by atoms with Gasteiger partial charge in [-0.2, -0.15) is 0 Å². The second-order valence-corrected chi connectivity index (χ2v) is 5.77. The Kier molecular flexibility index (Phi) is 4.46. The summed E-state index contributed by atoms with van der Waals surface area (Å²) in [6.45, 7) is 2.98. The molecule has 0 atom stereocenters. The maximum Gasteiger partial charge on any atom is 0.348 e. The fourth-order valence-corrected chi connectivity index (χ4v) is 2.47. The minimum Gasteiger partial charge on any atom is -0.495 e. The normalized spacial score (nSPS) is 16.7. The minimum atomic E-state index is -1.26. The first kappa shape index (κ1) is 16.4. The van der Waals surface area contributed by atoms with Gasteiger partial charge in [-0.25, -0.2) is 9.59 Å². The summed E-state index contributed by atoms with van der Waals surface area (Å²) in [7, 11) is 3.00. The molecule has 22 heavy (non-hydrogen) atoms. The standard InChI is InChI=1S/C15H15BrO6/c1-15(2)21-13(17)9(14(18)22-15)5-8-6-10(19-3)12(16)11(7-8)20-4/h5-7H,1-4H3. The number of rotatable bonds is 3. The predicted octanol–water partition coefficient (Wildman–Crippen LogP) is 2.69. The van der Waals surface area contributed by atoms with E-state index in [4.69, 9.17) is 18.9 Å². The number of ether oxygens (including phenoxy) is 4. The van der Waals surface area contributed by atoms with Gasteiger partial charge in [0.05, 0.1) is 14.2 Å². The molecule has 1 saturated heterocycles.